The van der Waals surface area contributed by atoms with Gasteiger partial charge in [-0.05, 0) is 39.7 Å². The summed E-state index contributed by atoms with van der Waals surface area (Å²) in [4.78, 5) is 0. The lowest BCUT2D eigenvalue weighted by molar-refractivity contribution is 0.280. The first-order valence-corrected chi connectivity index (χ1v) is 7.11. The summed E-state index contributed by atoms with van der Waals surface area (Å²) in [5.74, 6) is 0. The Bertz CT molecular complexity index is 337. The maximum Gasteiger partial charge on any atom is 0.219 e. The highest BCUT2D eigenvalue weighted by Gasteiger charge is 2.48. The van der Waals surface area contributed by atoms with Gasteiger partial charge in [0.05, 0.1) is 4.75 Å². The van der Waals surface area contributed by atoms with E-state index in [2.05, 4.69) is 5.32 Å². The van der Waals surface area contributed by atoms with Crippen molar-refractivity contribution in [2.24, 2.45) is 0 Å². The van der Waals surface area contributed by atoms with E-state index in [9.17, 15) is 8.42 Å². The van der Waals surface area contributed by atoms with Crippen LogP contribution in [0, 0.1) is 0 Å². The van der Waals surface area contributed by atoms with Crippen molar-refractivity contribution in [3.63, 3.8) is 0 Å². The number of hydrogen-bond acceptors (Lipinski definition) is 3. The zero-order valence-corrected chi connectivity index (χ0v) is 11.5. The number of sulfonamides is 1. The van der Waals surface area contributed by atoms with Crippen LogP contribution in [0.25, 0.3) is 0 Å². The van der Waals surface area contributed by atoms with Crippen LogP contribution in [0.5, 0.6) is 0 Å². The van der Waals surface area contributed by atoms with Gasteiger partial charge in [0.1, 0.15) is 0 Å². The fraction of sp³-hybridized carbons (Fsp3) is 1.00. The van der Waals surface area contributed by atoms with Crippen molar-refractivity contribution in [2.45, 2.75) is 43.9 Å². The van der Waals surface area contributed by atoms with Crippen LogP contribution in [0.1, 0.15) is 33.1 Å². The van der Waals surface area contributed by atoms with Crippen molar-refractivity contribution < 1.29 is 8.42 Å². The molecule has 2 heterocycles. The van der Waals surface area contributed by atoms with Gasteiger partial charge in [-0.25, -0.2) is 8.42 Å². The van der Waals surface area contributed by atoms with Gasteiger partial charge in [0.25, 0.3) is 0 Å². The van der Waals surface area contributed by atoms with Gasteiger partial charge in [-0.2, -0.15) is 4.31 Å². The van der Waals surface area contributed by atoms with E-state index in [1.807, 2.05) is 13.8 Å². The second-order valence-corrected chi connectivity index (χ2v) is 7.65. The Kier molecular flexibility index (Phi) is 4.27. The highest BCUT2D eigenvalue weighted by atomic mass is 35.5. The van der Waals surface area contributed by atoms with Crippen LogP contribution in [0.15, 0.2) is 0 Å². The van der Waals surface area contributed by atoms with E-state index in [1.165, 1.54) is 0 Å². The summed E-state index contributed by atoms with van der Waals surface area (Å²) in [7, 11) is -3.07. The van der Waals surface area contributed by atoms with E-state index in [1.54, 1.807) is 4.31 Å². The number of piperidine rings is 1. The molecule has 2 rings (SSSR count). The first-order chi connectivity index (χ1) is 6.95. The summed E-state index contributed by atoms with van der Waals surface area (Å²) in [5.41, 5.74) is 0. The molecule has 96 valence electrons. The van der Waals surface area contributed by atoms with Gasteiger partial charge in [0.15, 0.2) is 0 Å². The number of nitrogens with one attached hydrogen (secondary N) is 1. The molecule has 0 radical (unpaired) electrons. The molecule has 6 heteroatoms. The molecule has 0 bridgehead atoms. The summed E-state index contributed by atoms with van der Waals surface area (Å²) in [5, 5.41) is 3.27. The first kappa shape index (κ1) is 14.2. The molecule has 2 aliphatic heterocycles. The van der Waals surface area contributed by atoms with Gasteiger partial charge in [-0.1, -0.05) is 0 Å². The van der Waals surface area contributed by atoms with Gasteiger partial charge in [0.2, 0.25) is 10.0 Å². The van der Waals surface area contributed by atoms with Crippen molar-refractivity contribution >= 4 is 22.4 Å². The van der Waals surface area contributed by atoms with Crippen molar-refractivity contribution in [3.05, 3.63) is 0 Å². The number of halogens is 1. The lowest BCUT2D eigenvalue weighted by Crippen LogP contribution is -2.48. The Balaban J connectivity index is 0.00000128. The minimum absolute atomic E-state index is 0. The van der Waals surface area contributed by atoms with E-state index in [-0.39, 0.29) is 18.4 Å². The van der Waals surface area contributed by atoms with Crippen molar-refractivity contribution in [1.29, 1.82) is 0 Å². The lowest BCUT2D eigenvalue weighted by Gasteiger charge is -2.31. The Morgan fingerprint density at radius 1 is 1.38 bits per heavy atom. The molecule has 1 atom stereocenters. The molecule has 16 heavy (non-hydrogen) atoms. The Hall–Kier alpha value is 0.160. The predicted molar refractivity (Wildman–Crippen MR) is 67.5 cm³/mol. The van der Waals surface area contributed by atoms with E-state index >= 15 is 0 Å². The second kappa shape index (κ2) is 4.80. The molecule has 0 aromatic heterocycles. The summed E-state index contributed by atoms with van der Waals surface area (Å²) in [6.45, 7) is 6.20. The topological polar surface area (TPSA) is 49.4 Å². The van der Waals surface area contributed by atoms with Crippen LogP contribution in [-0.4, -0.2) is 43.1 Å². The van der Waals surface area contributed by atoms with E-state index in [4.69, 9.17) is 0 Å². The zero-order valence-electron chi connectivity index (χ0n) is 9.90. The van der Waals surface area contributed by atoms with Crippen molar-refractivity contribution in [1.82, 2.24) is 9.62 Å². The molecule has 2 fully saturated rings. The zero-order chi connectivity index (χ0) is 11.1. The van der Waals surface area contributed by atoms with Crippen LogP contribution >= 0.6 is 12.4 Å². The molecule has 0 amide bonds. The summed E-state index contributed by atoms with van der Waals surface area (Å²) >= 11 is 0. The van der Waals surface area contributed by atoms with Crippen LogP contribution in [0.4, 0.5) is 0 Å². The third-order valence-electron chi connectivity index (χ3n) is 3.62. The summed E-state index contributed by atoms with van der Waals surface area (Å²) < 4.78 is 25.6. The normalized spacial score (nSPS) is 33.2. The minimum Gasteiger partial charge on any atom is -0.315 e. The Morgan fingerprint density at radius 2 is 2.06 bits per heavy atom. The molecular weight excluding hydrogens is 248 g/mol. The molecule has 0 saturated carbocycles. The van der Waals surface area contributed by atoms with E-state index in [0.717, 1.165) is 32.4 Å². The van der Waals surface area contributed by atoms with Gasteiger partial charge >= 0.3 is 0 Å². The van der Waals surface area contributed by atoms with E-state index < -0.39 is 14.8 Å². The van der Waals surface area contributed by atoms with Gasteiger partial charge in [0, 0.05) is 19.1 Å². The third kappa shape index (κ3) is 2.23. The molecule has 0 aromatic carbocycles. The molecular formula is C10H21ClN2O2S. The molecule has 0 aromatic rings. The lowest BCUT2D eigenvalue weighted by atomic mass is 10.1. The van der Waals surface area contributed by atoms with E-state index in [0.29, 0.717) is 6.54 Å². The van der Waals surface area contributed by atoms with Crippen LogP contribution in [0.3, 0.4) is 0 Å². The fourth-order valence-electron chi connectivity index (χ4n) is 2.40. The molecule has 0 spiro atoms. The maximum absolute atomic E-state index is 12.2. The minimum atomic E-state index is -3.07. The largest absolute Gasteiger partial charge is 0.315 e. The van der Waals surface area contributed by atoms with Crippen LogP contribution < -0.4 is 5.32 Å². The quantitative estimate of drug-likeness (QED) is 0.771. The monoisotopic (exact) mass is 268 g/mol. The van der Waals surface area contributed by atoms with Crippen molar-refractivity contribution in [3.8, 4) is 0 Å². The predicted octanol–water partition coefficient (Wildman–Crippen LogP) is 0.974. The van der Waals surface area contributed by atoms with Gasteiger partial charge in [-0.3, -0.25) is 0 Å². The van der Waals surface area contributed by atoms with Gasteiger partial charge in [-0.15, -0.1) is 12.4 Å². The number of nitrogens with zero attached hydrogens (tertiary/aromatic N) is 1. The SMILES string of the molecule is CC1(C)CCN([C@H]2CCCNC2)S1(=O)=O.Cl. The standard InChI is InChI=1S/C10H20N2O2S.ClH/c1-10(2)5-7-12(15(10,13)14)9-4-3-6-11-8-9;/h9,11H,3-8H2,1-2H3;1H/t9-;/m0./s1. The summed E-state index contributed by atoms with van der Waals surface area (Å²) in [6, 6.07) is 0.186. The fourth-order valence-corrected chi connectivity index (χ4v) is 4.29. The summed E-state index contributed by atoms with van der Waals surface area (Å²) in [6.07, 6.45) is 2.84. The highest BCUT2D eigenvalue weighted by Crippen LogP contribution is 2.34. The maximum atomic E-state index is 12.2. The average Bonchev–Trinajstić information content (AvgIpc) is 2.39. The molecule has 2 aliphatic rings. The molecule has 0 unspecified atom stereocenters. The molecule has 2 saturated heterocycles. The average molecular weight is 269 g/mol. The second-order valence-electron chi connectivity index (χ2n) is 5.13. The van der Waals surface area contributed by atoms with Crippen LogP contribution in [-0.2, 0) is 10.0 Å². The van der Waals surface area contributed by atoms with Gasteiger partial charge < -0.3 is 5.32 Å². The van der Waals surface area contributed by atoms with Crippen molar-refractivity contribution in [2.75, 3.05) is 19.6 Å². The number of hydrogen-bond donors (Lipinski definition) is 1. The van der Waals surface area contributed by atoms with Crippen LogP contribution in [0.2, 0.25) is 0 Å². The smallest absolute Gasteiger partial charge is 0.219 e. The first-order valence-electron chi connectivity index (χ1n) is 5.67. The molecule has 4 nitrogen and oxygen atoms in total. The Labute approximate surface area is 104 Å². The Morgan fingerprint density at radius 3 is 2.50 bits per heavy atom. The molecule has 1 N–H and O–H groups in total. The third-order valence-corrected chi connectivity index (χ3v) is 6.32. The highest BCUT2D eigenvalue weighted by molar-refractivity contribution is 7.90. The number of rotatable bonds is 1. The molecule has 0 aliphatic carbocycles.